The largest absolute Gasteiger partial charge is 0.339 e. The molecule has 0 fully saturated rings. The van der Waals surface area contributed by atoms with Crippen LogP contribution in [0.2, 0.25) is 0 Å². The van der Waals surface area contributed by atoms with Gasteiger partial charge in [0, 0.05) is 43.3 Å². The Bertz CT molecular complexity index is 2460. The minimum Gasteiger partial charge on any atom is -0.339 e. The molecule has 246 valence electrons. The first kappa shape index (κ1) is 32.2. The smallest absolute Gasteiger partial charge is 0.163 e. The number of aromatic nitrogens is 1. The molecule has 1 aliphatic rings. The molecule has 51 heavy (non-hydrogen) atoms. The maximum absolute atomic E-state index is 11.7. The highest BCUT2D eigenvalue weighted by Gasteiger charge is 2.22. The number of carbonyl (C=O) groups is 2. The Morgan fingerprint density at radius 2 is 1.06 bits per heavy atom. The fourth-order valence-electron chi connectivity index (χ4n) is 6.14. The molecule has 7 heteroatoms. The van der Waals surface area contributed by atoms with Crippen molar-refractivity contribution in [1.29, 1.82) is 0 Å². The number of Topliss-reactive ketones (excluding diaryl/α,β-unsaturated/α-hetero) is 2. The lowest BCUT2D eigenvalue weighted by atomic mass is 10.00. The number of nitrogens with one attached hydrogen (secondary N) is 1. The van der Waals surface area contributed by atoms with E-state index >= 15 is 0 Å². The second-order valence-corrected chi connectivity index (χ2v) is 14.2. The SMILES string of the molecule is CC(=O)c1ccc(-c2ccc(C3=N/C(=N\c4[nH]c(-c5ccc(-c6ccc(C(C)=O)cc6)cc5)cc4-c4cccs4)C(c4cccs4)=C3)cc2)cc1. The zero-order valence-electron chi connectivity index (χ0n) is 27.9. The third kappa shape index (κ3) is 6.65. The van der Waals surface area contributed by atoms with Crippen molar-refractivity contribution in [1.82, 2.24) is 4.98 Å². The van der Waals surface area contributed by atoms with Crippen LogP contribution in [0, 0.1) is 0 Å². The van der Waals surface area contributed by atoms with Gasteiger partial charge in [-0.25, -0.2) is 9.98 Å². The van der Waals surface area contributed by atoms with Crippen LogP contribution in [0.15, 0.2) is 154 Å². The van der Waals surface area contributed by atoms with Gasteiger partial charge in [-0.15, -0.1) is 22.7 Å². The number of allylic oxidation sites excluding steroid dienone is 1. The van der Waals surface area contributed by atoms with Gasteiger partial charge in [0.1, 0.15) is 5.82 Å². The van der Waals surface area contributed by atoms with Crippen molar-refractivity contribution >= 4 is 57.2 Å². The molecule has 1 aliphatic heterocycles. The van der Waals surface area contributed by atoms with Crippen molar-refractivity contribution in [2.24, 2.45) is 9.98 Å². The molecule has 0 atom stereocenters. The molecule has 0 spiro atoms. The summed E-state index contributed by atoms with van der Waals surface area (Å²) in [6.45, 7) is 3.16. The number of rotatable bonds is 9. The number of carbonyl (C=O) groups excluding carboxylic acids is 2. The number of aromatic amines is 1. The van der Waals surface area contributed by atoms with Gasteiger partial charge in [-0.1, -0.05) is 109 Å². The van der Waals surface area contributed by atoms with E-state index in [1.165, 1.54) is 0 Å². The minimum atomic E-state index is 0.0593. The van der Waals surface area contributed by atoms with Crippen molar-refractivity contribution in [2.75, 3.05) is 0 Å². The summed E-state index contributed by atoms with van der Waals surface area (Å²) < 4.78 is 0. The first-order valence-electron chi connectivity index (χ1n) is 16.5. The average Bonchev–Trinajstić information content (AvgIpc) is 4.00. The van der Waals surface area contributed by atoms with Gasteiger partial charge in [-0.3, -0.25) is 9.59 Å². The van der Waals surface area contributed by atoms with E-state index < -0.39 is 0 Å². The van der Waals surface area contributed by atoms with Crippen LogP contribution in [0.3, 0.4) is 0 Å². The van der Waals surface area contributed by atoms with E-state index in [0.717, 1.165) is 71.5 Å². The summed E-state index contributed by atoms with van der Waals surface area (Å²) in [6.07, 6.45) is 2.12. The van der Waals surface area contributed by atoms with Gasteiger partial charge in [0.15, 0.2) is 17.4 Å². The van der Waals surface area contributed by atoms with Crippen molar-refractivity contribution in [3.8, 4) is 44.0 Å². The van der Waals surface area contributed by atoms with Gasteiger partial charge in [0.2, 0.25) is 0 Å². The first-order valence-corrected chi connectivity index (χ1v) is 18.3. The molecule has 7 aromatic rings. The molecule has 1 N–H and O–H groups in total. The number of thiophene rings is 2. The molecule has 0 aliphatic carbocycles. The molecule has 0 saturated heterocycles. The molecule has 0 saturated carbocycles. The standard InChI is InChI=1S/C44H31N3O2S2/c1-27(48)29-7-11-31(12-8-29)33-15-19-35(20-16-33)39-25-37(41-5-3-23-50-41)43(45-39)47-44-38(42-6-4-24-51-42)26-40(46-44)36-21-17-34(18-22-36)32-13-9-30(10-14-32)28(2)49/h3-26,45H,1-2H3/b47-44-. The summed E-state index contributed by atoms with van der Waals surface area (Å²) in [5, 5.41) is 4.15. The van der Waals surface area contributed by atoms with Gasteiger partial charge < -0.3 is 4.98 Å². The lowest BCUT2D eigenvalue weighted by Crippen LogP contribution is -1.95. The molecule has 0 amide bonds. The maximum Gasteiger partial charge on any atom is 0.163 e. The Hall–Kier alpha value is -6.02. The molecule has 0 bridgehead atoms. The van der Waals surface area contributed by atoms with Crippen LogP contribution in [-0.4, -0.2) is 28.1 Å². The number of benzene rings is 4. The number of hydrogen-bond acceptors (Lipinski definition) is 5. The third-order valence-corrected chi connectivity index (χ3v) is 10.8. The Morgan fingerprint density at radius 1 is 0.588 bits per heavy atom. The maximum atomic E-state index is 11.7. The fourth-order valence-corrected chi connectivity index (χ4v) is 7.62. The van der Waals surface area contributed by atoms with E-state index in [-0.39, 0.29) is 11.6 Å². The normalized spacial score (nSPS) is 13.3. The Labute approximate surface area is 304 Å². The lowest BCUT2D eigenvalue weighted by molar-refractivity contribution is 0.100. The molecular formula is C44H31N3O2S2. The molecule has 0 radical (unpaired) electrons. The summed E-state index contributed by atoms with van der Waals surface area (Å²) in [5.74, 6) is 1.53. The van der Waals surface area contributed by atoms with E-state index in [0.29, 0.717) is 17.0 Å². The van der Waals surface area contributed by atoms with Crippen molar-refractivity contribution < 1.29 is 9.59 Å². The zero-order chi connectivity index (χ0) is 34.9. The van der Waals surface area contributed by atoms with Crippen LogP contribution in [0.5, 0.6) is 0 Å². The van der Waals surface area contributed by atoms with Crippen molar-refractivity contribution in [3.63, 3.8) is 0 Å². The number of H-pyrrole nitrogens is 1. The molecule has 4 heterocycles. The van der Waals surface area contributed by atoms with Crippen LogP contribution >= 0.6 is 22.7 Å². The summed E-state index contributed by atoms with van der Waals surface area (Å²) in [4.78, 5) is 39.6. The predicted molar refractivity (Wildman–Crippen MR) is 213 cm³/mol. The Balaban J connectivity index is 1.14. The highest BCUT2D eigenvalue weighted by molar-refractivity contribution is 7.13. The van der Waals surface area contributed by atoms with Gasteiger partial charge in [0.05, 0.1) is 5.71 Å². The van der Waals surface area contributed by atoms with Gasteiger partial charge in [0.25, 0.3) is 0 Å². The van der Waals surface area contributed by atoms with Gasteiger partial charge in [-0.05, 0) is 76.7 Å². The number of amidine groups is 1. The van der Waals surface area contributed by atoms with Crippen LogP contribution in [0.25, 0.3) is 49.5 Å². The number of aliphatic imine (C=N–C) groups is 2. The Kier molecular flexibility index (Phi) is 8.66. The monoisotopic (exact) mass is 697 g/mol. The summed E-state index contributed by atoms with van der Waals surface area (Å²) in [6, 6.07) is 42.7. The van der Waals surface area contributed by atoms with Crippen molar-refractivity contribution in [3.05, 3.63) is 166 Å². The van der Waals surface area contributed by atoms with Crippen LogP contribution in [0.4, 0.5) is 5.82 Å². The highest BCUT2D eigenvalue weighted by atomic mass is 32.1. The topological polar surface area (TPSA) is 74.7 Å². The minimum absolute atomic E-state index is 0.0593. The lowest BCUT2D eigenvalue weighted by Gasteiger charge is -2.05. The van der Waals surface area contributed by atoms with Crippen LogP contribution in [-0.2, 0) is 0 Å². The molecule has 0 unspecified atom stereocenters. The van der Waals surface area contributed by atoms with E-state index in [1.54, 1.807) is 36.5 Å². The summed E-state index contributed by atoms with van der Waals surface area (Å²) in [7, 11) is 0. The van der Waals surface area contributed by atoms with Crippen LogP contribution in [0.1, 0.15) is 45.0 Å². The summed E-state index contributed by atoms with van der Waals surface area (Å²) >= 11 is 3.35. The number of nitrogens with zero attached hydrogens (tertiary/aromatic N) is 2. The highest BCUT2D eigenvalue weighted by Crippen LogP contribution is 2.39. The van der Waals surface area contributed by atoms with E-state index in [2.05, 4.69) is 94.6 Å². The predicted octanol–water partition coefficient (Wildman–Crippen LogP) is 11.8. The quantitative estimate of drug-likeness (QED) is 0.152. The number of ketones is 2. The molecule has 4 aromatic carbocycles. The second-order valence-electron chi connectivity index (χ2n) is 12.3. The average molecular weight is 698 g/mol. The summed E-state index contributed by atoms with van der Waals surface area (Å²) in [5.41, 5.74) is 11.5. The molecule has 3 aromatic heterocycles. The van der Waals surface area contributed by atoms with E-state index in [4.69, 9.17) is 9.98 Å². The van der Waals surface area contributed by atoms with Crippen molar-refractivity contribution in [2.45, 2.75) is 13.8 Å². The third-order valence-electron chi connectivity index (χ3n) is 8.96. The second kappa shape index (κ2) is 13.7. The molecular weight excluding hydrogens is 667 g/mol. The molecule has 5 nitrogen and oxygen atoms in total. The Morgan fingerprint density at radius 3 is 1.55 bits per heavy atom. The number of hydrogen-bond donors (Lipinski definition) is 1. The first-order chi connectivity index (χ1) is 24.9. The van der Waals surface area contributed by atoms with Crippen LogP contribution < -0.4 is 0 Å². The van der Waals surface area contributed by atoms with Gasteiger partial charge >= 0.3 is 0 Å². The van der Waals surface area contributed by atoms with E-state index in [9.17, 15) is 9.59 Å². The zero-order valence-corrected chi connectivity index (χ0v) is 29.5. The molecule has 8 rings (SSSR count). The van der Waals surface area contributed by atoms with Gasteiger partial charge in [-0.2, -0.15) is 0 Å². The van der Waals surface area contributed by atoms with E-state index in [1.807, 2.05) is 54.6 Å². The fraction of sp³-hybridized carbons (Fsp3) is 0.0455.